The van der Waals surface area contributed by atoms with Crippen LogP contribution in [0.25, 0.3) is 11.3 Å². The molecule has 0 N–H and O–H groups in total. The van der Waals surface area contributed by atoms with Crippen molar-refractivity contribution in [1.29, 1.82) is 0 Å². The van der Waals surface area contributed by atoms with Crippen molar-refractivity contribution in [3.05, 3.63) is 38.3 Å². The predicted octanol–water partition coefficient (Wildman–Crippen LogP) is 5.82. The average molecular weight is 554 g/mol. The maximum absolute atomic E-state index is 14.0. The summed E-state index contributed by atoms with van der Waals surface area (Å²) in [5.74, 6) is -3.36. The first-order valence-corrected chi connectivity index (χ1v) is 10.9. The lowest BCUT2D eigenvalue weighted by Gasteiger charge is -2.52. The highest BCUT2D eigenvalue weighted by atomic mass is 127. The van der Waals surface area contributed by atoms with Gasteiger partial charge in [0.2, 0.25) is 0 Å². The summed E-state index contributed by atoms with van der Waals surface area (Å²) in [5.41, 5.74) is 0.0505. The van der Waals surface area contributed by atoms with E-state index in [1.165, 1.54) is 17.0 Å². The van der Waals surface area contributed by atoms with E-state index in [1.807, 2.05) is 0 Å². The van der Waals surface area contributed by atoms with Crippen LogP contribution < -0.4 is 0 Å². The number of ether oxygens (including phenoxy) is 1. The topological polar surface area (TPSA) is 47.4 Å². The average Bonchev–Trinajstić information content (AvgIpc) is 2.92. The highest BCUT2D eigenvalue weighted by Crippen LogP contribution is 2.53. The number of carbonyl (C=O) groups is 1. The second-order valence-corrected chi connectivity index (χ2v) is 10.4. The molecule has 0 saturated heterocycles. The molecule has 10 heteroatoms. The number of amides is 1. The van der Waals surface area contributed by atoms with Gasteiger partial charge in [0.1, 0.15) is 17.1 Å². The molecule has 1 amide bonds. The Kier molecular flexibility index (Phi) is 5.08. The molecule has 1 aromatic carbocycles. The van der Waals surface area contributed by atoms with Crippen LogP contribution in [0.3, 0.4) is 0 Å². The third-order valence-electron chi connectivity index (χ3n) is 5.21. The van der Waals surface area contributed by atoms with Crippen LogP contribution in [0.5, 0.6) is 0 Å². The van der Waals surface area contributed by atoms with Gasteiger partial charge in [-0.3, -0.25) is 9.58 Å². The van der Waals surface area contributed by atoms with E-state index in [-0.39, 0.29) is 18.1 Å². The van der Waals surface area contributed by atoms with Crippen molar-refractivity contribution in [3.8, 4) is 11.3 Å². The summed E-state index contributed by atoms with van der Waals surface area (Å²) in [7, 11) is 0. The molecule has 1 saturated carbocycles. The van der Waals surface area contributed by atoms with Gasteiger partial charge in [-0.25, -0.2) is 18.0 Å². The number of rotatable bonds is 1. The first kappa shape index (κ1) is 21.7. The van der Waals surface area contributed by atoms with Crippen molar-refractivity contribution >= 4 is 40.3 Å². The van der Waals surface area contributed by atoms with Gasteiger partial charge in [-0.2, -0.15) is 5.10 Å². The molecule has 1 aromatic heterocycles. The van der Waals surface area contributed by atoms with E-state index in [1.54, 1.807) is 31.5 Å². The Hall–Kier alpha value is -1.49. The summed E-state index contributed by atoms with van der Waals surface area (Å²) in [4.78, 5) is 14.2. The molecule has 2 aromatic rings. The first-order valence-electron chi connectivity index (χ1n) is 9.39. The van der Waals surface area contributed by atoms with Gasteiger partial charge in [0.15, 0.2) is 0 Å². The van der Waals surface area contributed by atoms with Crippen LogP contribution in [-0.4, -0.2) is 38.8 Å². The fourth-order valence-electron chi connectivity index (χ4n) is 4.08. The summed E-state index contributed by atoms with van der Waals surface area (Å²) < 4.78 is 49.3. The normalized spacial score (nSPS) is 19.4. The summed E-state index contributed by atoms with van der Waals surface area (Å²) in [5, 5.41) is 4.57. The summed E-state index contributed by atoms with van der Waals surface area (Å²) in [6, 6.07) is 4.25. The molecule has 4 rings (SSSR count). The van der Waals surface area contributed by atoms with Crippen LogP contribution in [0.15, 0.2) is 18.2 Å². The number of hydrogen-bond donors (Lipinski definition) is 0. The van der Waals surface area contributed by atoms with Crippen molar-refractivity contribution < 1.29 is 22.7 Å². The Bertz CT molecular complexity index is 1030. The summed E-state index contributed by atoms with van der Waals surface area (Å²) >= 11 is 8.00. The van der Waals surface area contributed by atoms with Crippen LogP contribution in [0.4, 0.5) is 18.0 Å². The van der Waals surface area contributed by atoms with E-state index in [9.17, 15) is 18.0 Å². The lowest BCUT2D eigenvalue weighted by atomic mass is 9.72. The van der Waals surface area contributed by atoms with E-state index in [4.69, 9.17) is 16.3 Å². The molecule has 0 bridgehead atoms. The smallest absolute Gasteiger partial charge is 0.410 e. The molecule has 1 fully saturated rings. The van der Waals surface area contributed by atoms with Crippen LogP contribution in [0.1, 0.15) is 39.3 Å². The molecule has 1 aliphatic carbocycles. The Morgan fingerprint density at radius 1 is 1.30 bits per heavy atom. The van der Waals surface area contributed by atoms with Crippen LogP contribution in [-0.2, 0) is 16.8 Å². The number of benzene rings is 1. The molecule has 0 unspecified atom stereocenters. The minimum absolute atomic E-state index is 0.0467. The van der Waals surface area contributed by atoms with Gasteiger partial charge in [-0.1, -0.05) is 11.6 Å². The van der Waals surface area contributed by atoms with Crippen molar-refractivity contribution in [2.24, 2.45) is 0 Å². The van der Waals surface area contributed by atoms with Gasteiger partial charge in [0, 0.05) is 18.4 Å². The Balaban J connectivity index is 1.77. The third kappa shape index (κ3) is 3.79. The Morgan fingerprint density at radius 3 is 2.53 bits per heavy atom. The van der Waals surface area contributed by atoms with E-state index in [0.717, 1.165) is 0 Å². The zero-order chi connectivity index (χ0) is 22.1. The van der Waals surface area contributed by atoms with Crippen molar-refractivity contribution in [3.63, 3.8) is 0 Å². The highest BCUT2D eigenvalue weighted by molar-refractivity contribution is 14.1. The molecular formula is C20H20ClF3IN3O2. The molecule has 1 aliphatic heterocycles. The standard InChI is InChI=1S/C20H20ClF3IN3O2/c1-18(2,3)30-17(29)27-7-14-15(25)16(11-4-5-13(22)12(21)6-11)26-28(14)19(10-27)8-20(23,24)9-19/h4-6H,7-10H2,1-3H3. The number of nitrogens with zero attached hydrogens (tertiary/aromatic N) is 3. The zero-order valence-electron chi connectivity index (χ0n) is 16.6. The van der Waals surface area contributed by atoms with Crippen LogP contribution >= 0.6 is 34.2 Å². The Labute approximate surface area is 190 Å². The fraction of sp³-hybridized carbons (Fsp3) is 0.500. The second kappa shape index (κ2) is 7.01. The largest absolute Gasteiger partial charge is 0.444 e. The van der Waals surface area contributed by atoms with Crippen molar-refractivity contribution in [1.82, 2.24) is 14.7 Å². The monoisotopic (exact) mass is 553 g/mol. The second-order valence-electron chi connectivity index (χ2n) is 8.92. The van der Waals surface area contributed by atoms with Gasteiger partial charge in [0.25, 0.3) is 5.92 Å². The lowest BCUT2D eigenvalue weighted by Crippen LogP contribution is -2.63. The van der Waals surface area contributed by atoms with Gasteiger partial charge in [-0.15, -0.1) is 0 Å². The van der Waals surface area contributed by atoms with Crippen LogP contribution in [0, 0.1) is 9.39 Å². The Morgan fingerprint density at radius 2 is 1.97 bits per heavy atom. The van der Waals surface area contributed by atoms with Gasteiger partial charge in [0.05, 0.1) is 32.9 Å². The van der Waals surface area contributed by atoms with E-state index < -0.39 is 41.8 Å². The molecule has 1 spiro atoms. The van der Waals surface area contributed by atoms with E-state index in [2.05, 4.69) is 27.7 Å². The van der Waals surface area contributed by atoms with Gasteiger partial charge < -0.3 is 4.74 Å². The summed E-state index contributed by atoms with van der Waals surface area (Å²) in [6.07, 6.45) is -1.37. The highest BCUT2D eigenvalue weighted by Gasteiger charge is 2.61. The number of fused-ring (bicyclic) bond motifs is 2. The number of carbonyl (C=O) groups excluding carboxylic acids is 1. The predicted molar refractivity (Wildman–Crippen MR) is 114 cm³/mol. The molecule has 5 nitrogen and oxygen atoms in total. The summed E-state index contributed by atoms with van der Waals surface area (Å²) in [6.45, 7) is 5.54. The first-order chi connectivity index (χ1) is 13.8. The van der Waals surface area contributed by atoms with Gasteiger partial charge >= 0.3 is 6.09 Å². The zero-order valence-corrected chi connectivity index (χ0v) is 19.5. The number of alkyl halides is 2. The third-order valence-corrected chi connectivity index (χ3v) is 6.64. The van der Waals surface area contributed by atoms with Gasteiger partial charge in [-0.05, 0) is 61.6 Å². The number of halogens is 5. The minimum atomic E-state index is -2.81. The van der Waals surface area contributed by atoms with Crippen LogP contribution in [0.2, 0.25) is 5.02 Å². The SMILES string of the molecule is CC(C)(C)OC(=O)N1Cc2c(I)c(-c3ccc(F)c(Cl)c3)nn2C2(C1)CC(F)(F)C2. The fourth-order valence-corrected chi connectivity index (χ4v) is 5.08. The van der Waals surface area contributed by atoms with Crippen molar-refractivity contribution in [2.75, 3.05) is 6.54 Å². The molecular weight excluding hydrogens is 534 g/mol. The molecule has 30 heavy (non-hydrogen) atoms. The van der Waals surface area contributed by atoms with E-state index in [0.29, 0.717) is 20.5 Å². The molecule has 2 heterocycles. The quantitative estimate of drug-likeness (QED) is 0.418. The molecule has 0 atom stereocenters. The number of aromatic nitrogens is 2. The minimum Gasteiger partial charge on any atom is -0.444 e. The maximum atomic E-state index is 14.0. The molecule has 162 valence electrons. The molecule has 2 aliphatic rings. The molecule has 0 radical (unpaired) electrons. The maximum Gasteiger partial charge on any atom is 0.410 e. The van der Waals surface area contributed by atoms with Crippen molar-refractivity contribution in [2.45, 2.75) is 57.2 Å². The van der Waals surface area contributed by atoms with E-state index >= 15 is 0 Å². The number of hydrogen-bond acceptors (Lipinski definition) is 3. The lowest BCUT2D eigenvalue weighted by molar-refractivity contribution is -0.170.